The number of benzene rings is 1. The molecule has 2 rings (SSSR count). The fraction of sp³-hybridized carbons (Fsp3) is 0.400. The zero-order chi connectivity index (χ0) is 12.4. The van der Waals surface area contributed by atoms with Crippen LogP contribution in [0.2, 0.25) is 0 Å². The summed E-state index contributed by atoms with van der Waals surface area (Å²) in [6.45, 7) is 9.72. The summed E-state index contributed by atoms with van der Waals surface area (Å²) in [5, 5.41) is 0. The van der Waals surface area contributed by atoms with Gasteiger partial charge < -0.3 is 4.57 Å². The molecule has 0 spiro atoms. The van der Waals surface area contributed by atoms with Crippen LogP contribution in [-0.2, 0) is 6.54 Å². The molecule has 90 valence electrons. The maximum Gasteiger partial charge on any atom is 0.115 e. The van der Waals surface area contributed by atoms with Gasteiger partial charge in [-0.2, -0.15) is 0 Å². The lowest BCUT2D eigenvalue weighted by Gasteiger charge is -2.17. The topological polar surface area (TPSA) is 17.8 Å². The molecule has 17 heavy (non-hydrogen) atoms. The highest BCUT2D eigenvalue weighted by atomic mass is 15.1. The van der Waals surface area contributed by atoms with Crippen LogP contribution in [0.25, 0.3) is 0 Å². The van der Waals surface area contributed by atoms with Crippen LogP contribution in [0, 0.1) is 13.8 Å². The Morgan fingerprint density at radius 3 is 2.76 bits per heavy atom. The van der Waals surface area contributed by atoms with Gasteiger partial charge in [0.05, 0.1) is 0 Å². The van der Waals surface area contributed by atoms with E-state index >= 15 is 0 Å². The quantitative estimate of drug-likeness (QED) is 0.783. The number of rotatable bonds is 3. The van der Waals surface area contributed by atoms with Crippen LogP contribution in [-0.4, -0.2) is 9.55 Å². The van der Waals surface area contributed by atoms with Crippen LogP contribution in [0.15, 0.2) is 30.6 Å². The second-order valence-electron chi connectivity index (χ2n) is 4.58. The van der Waals surface area contributed by atoms with E-state index in [4.69, 9.17) is 0 Å². The third-order valence-corrected chi connectivity index (χ3v) is 3.59. The predicted octanol–water partition coefficient (Wildman–Crippen LogP) is 3.67. The first-order valence-corrected chi connectivity index (χ1v) is 6.22. The molecule has 1 unspecified atom stereocenters. The average molecular weight is 228 g/mol. The summed E-state index contributed by atoms with van der Waals surface area (Å²) in [6.07, 6.45) is 3.94. The van der Waals surface area contributed by atoms with Gasteiger partial charge in [0.2, 0.25) is 0 Å². The Balaban J connectivity index is 2.44. The zero-order valence-electron chi connectivity index (χ0n) is 11.1. The van der Waals surface area contributed by atoms with Crippen molar-refractivity contribution in [2.45, 2.75) is 40.2 Å². The molecule has 0 aliphatic heterocycles. The van der Waals surface area contributed by atoms with Crippen molar-refractivity contribution in [3.05, 3.63) is 53.1 Å². The van der Waals surface area contributed by atoms with E-state index in [1.807, 2.05) is 6.20 Å². The standard InChI is InChI=1S/C15H20N2/c1-5-17-10-9-16-15(17)13(4)14-8-6-7-11(2)12(14)3/h6-10,13H,5H2,1-4H3. The molecule has 2 aromatic rings. The lowest BCUT2D eigenvalue weighted by atomic mass is 9.93. The summed E-state index contributed by atoms with van der Waals surface area (Å²) in [4.78, 5) is 4.50. The SMILES string of the molecule is CCn1ccnc1C(C)c1cccc(C)c1C. The summed E-state index contributed by atoms with van der Waals surface area (Å²) in [7, 11) is 0. The van der Waals surface area contributed by atoms with Gasteiger partial charge >= 0.3 is 0 Å². The molecule has 1 aromatic heterocycles. The second kappa shape index (κ2) is 4.74. The lowest BCUT2D eigenvalue weighted by Crippen LogP contribution is -2.08. The third kappa shape index (κ3) is 2.12. The Morgan fingerprint density at radius 1 is 1.29 bits per heavy atom. The molecule has 0 radical (unpaired) electrons. The van der Waals surface area contributed by atoms with E-state index in [0.717, 1.165) is 12.4 Å². The molecule has 0 N–H and O–H groups in total. The van der Waals surface area contributed by atoms with Crippen LogP contribution in [0.4, 0.5) is 0 Å². The summed E-state index contributed by atoms with van der Waals surface area (Å²) in [5.41, 5.74) is 4.11. The molecule has 1 atom stereocenters. The third-order valence-electron chi connectivity index (χ3n) is 3.59. The van der Waals surface area contributed by atoms with Crippen molar-refractivity contribution in [1.82, 2.24) is 9.55 Å². The van der Waals surface area contributed by atoms with Gasteiger partial charge in [0.15, 0.2) is 0 Å². The largest absolute Gasteiger partial charge is 0.335 e. The molecular formula is C15H20N2. The van der Waals surface area contributed by atoms with Crippen molar-refractivity contribution in [3.8, 4) is 0 Å². The number of hydrogen-bond acceptors (Lipinski definition) is 1. The molecule has 0 bridgehead atoms. The molecule has 1 heterocycles. The molecular weight excluding hydrogens is 208 g/mol. The highest BCUT2D eigenvalue weighted by Crippen LogP contribution is 2.27. The Bertz CT molecular complexity index is 511. The van der Waals surface area contributed by atoms with Crippen LogP contribution >= 0.6 is 0 Å². The van der Waals surface area contributed by atoms with Crippen molar-refractivity contribution in [1.29, 1.82) is 0 Å². The normalized spacial score (nSPS) is 12.7. The van der Waals surface area contributed by atoms with Gasteiger partial charge in [-0.1, -0.05) is 25.1 Å². The summed E-state index contributed by atoms with van der Waals surface area (Å²) < 4.78 is 2.21. The summed E-state index contributed by atoms with van der Waals surface area (Å²) in [5.74, 6) is 1.51. The van der Waals surface area contributed by atoms with E-state index < -0.39 is 0 Å². The Morgan fingerprint density at radius 2 is 2.06 bits per heavy atom. The first-order valence-electron chi connectivity index (χ1n) is 6.22. The fourth-order valence-electron chi connectivity index (χ4n) is 2.35. The van der Waals surface area contributed by atoms with Crippen molar-refractivity contribution < 1.29 is 0 Å². The maximum atomic E-state index is 4.50. The average Bonchev–Trinajstić information content (AvgIpc) is 2.80. The summed E-state index contributed by atoms with van der Waals surface area (Å²) >= 11 is 0. The molecule has 0 saturated heterocycles. The van der Waals surface area contributed by atoms with E-state index in [0.29, 0.717) is 5.92 Å². The minimum Gasteiger partial charge on any atom is -0.335 e. The van der Waals surface area contributed by atoms with Crippen LogP contribution in [0.5, 0.6) is 0 Å². The van der Waals surface area contributed by atoms with E-state index in [2.05, 4.69) is 61.6 Å². The maximum absolute atomic E-state index is 4.50. The van der Waals surface area contributed by atoms with Crippen molar-refractivity contribution >= 4 is 0 Å². The molecule has 2 heteroatoms. The van der Waals surface area contributed by atoms with Crippen molar-refractivity contribution in [2.24, 2.45) is 0 Å². The molecule has 0 fully saturated rings. The van der Waals surface area contributed by atoms with Gasteiger partial charge in [-0.25, -0.2) is 4.98 Å². The number of nitrogens with zero attached hydrogens (tertiary/aromatic N) is 2. The van der Waals surface area contributed by atoms with E-state index in [-0.39, 0.29) is 0 Å². The number of imidazole rings is 1. The van der Waals surface area contributed by atoms with E-state index in [1.165, 1.54) is 16.7 Å². The Kier molecular flexibility index (Phi) is 3.32. The number of aromatic nitrogens is 2. The first kappa shape index (κ1) is 11.9. The molecule has 0 amide bonds. The van der Waals surface area contributed by atoms with Crippen molar-refractivity contribution in [2.75, 3.05) is 0 Å². The highest BCUT2D eigenvalue weighted by Gasteiger charge is 2.15. The van der Waals surface area contributed by atoms with E-state index in [9.17, 15) is 0 Å². The van der Waals surface area contributed by atoms with Gasteiger partial charge in [-0.15, -0.1) is 0 Å². The minimum absolute atomic E-state index is 0.352. The number of aryl methyl sites for hydroxylation is 2. The van der Waals surface area contributed by atoms with E-state index in [1.54, 1.807) is 0 Å². The van der Waals surface area contributed by atoms with Gasteiger partial charge in [0, 0.05) is 24.9 Å². The predicted molar refractivity (Wildman–Crippen MR) is 71.3 cm³/mol. The first-order chi connectivity index (χ1) is 8.15. The molecule has 1 aromatic carbocycles. The van der Waals surface area contributed by atoms with Gasteiger partial charge in [0.1, 0.15) is 5.82 Å². The van der Waals surface area contributed by atoms with Crippen LogP contribution < -0.4 is 0 Å². The highest BCUT2D eigenvalue weighted by molar-refractivity contribution is 5.38. The molecule has 0 aliphatic carbocycles. The van der Waals surface area contributed by atoms with Crippen molar-refractivity contribution in [3.63, 3.8) is 0 Å². The van der Waals surface area contributed by atoms with Gasteiger partial charge in [0.25, 0.3) is 0 Å². The lowest BCUT2D eigenvalue weighted by molar-refractivity contribution is 0.667. The summed E-state index contributed by atoms with van der Waals surface area (Å²) in [6, 6.07) is 6.51. The minimum atomic E-state index is 0.352. The molecule has 0 aliphatic rings. The fourth-order valence-corrected chi connectivity index (χ4v) is 2.35. The number of hydrogen-bond donors (Lipinski definition) is 0. The molecule has 2 nitrogen and oxygen atoms in total. The van der Waals surface area contributed by atoms with Gasteiger partial charge in [-0.05, 0) is 37.5 Å². The smallest absolute Gasteiger partial charge is 0.115 e. The Hall–Kier alpha value is -1.57. The Labute approximate surface area is 103 Å². The zero-order valence-corrected chi connectivity index (χ0v) is 11.1. The van der Waals surface area contributed by atoms with Crippen LogP contribution in [0.1, 0.15) is 42.3 Å². The second-order valence-corrected chi connectivity index (χ2v) is 4.58. The van der Waals surface area contributed by atoms with Gasteiger partial charge in [-0.3, -0.25) is 0 Å². The van der Waals surface area contributed by atoms with Crippen LogP contribution in [0.3, 0.4) is 0 Å². The monoisotopic (exact) mass is 228 g/mol. The molecule has 0 saturated carbocycles.